The first-order valence-electron chi connectivity index (χ1n) is 6.57. The Bertz CT molecular complexity index is 475. The van der Waals surface area contributed by atoms with Gasteiger partial charge in [0.05, 0.1) is 6.10 Å². The van der Waals surface area contributed by atoms with Crippen LogP contribution in [0.5, 0.6) is 5.75 Å². The van der Waals surface area contributed by atoms with E-state index in [0.717, 1.165) is 5.56 Å². The molecule has 7 nitrogen and oxygen atoms in total. The molecule has 0 aromatic heterocycles. The Balaban J connectivity index is 0.000000219. The third-order valence-electron chi connectivity index (χ3n) is 2.97. The highest BCUT2D eigenvalue weighted by atomic mass is 16.4. The van der Waals surface area contributed by atoms with Gasteiger partial charge in [-0.25, -0.2) is 4.79 Å². The van der Waals surface area contributed by atoms with Crippen molar-refractivity contribution in [1.82, 2.24) is 10.6 Å². The Hall–Kier alpha value is -2.12. The molecule has 21 heavy (non-hydrogen) atoms. The Morgan fingerprint density at radius 2 is 2.05 bits per heavy atom. The van der Waals surface area contributed by atoms with Gasteiger partial charge in [-0.2, -0.15) is 0 Å². The van der Waals surface area contributed by atoms with E-state index in [1.165, 1.54) is 0 Å². The number of benzene rings is 1. The van der Waals surface area contributed by atoms with Gasteiger partial charge in [0.2, 0.25) is 5.91 Å². The topological polar surface area (TPSA) is 119 Å². The van der Waals surface area contributed by atoms with Gasteiger partial charge in [-0.1, -0.05) is 12.1 Å². The number of nitrogens with one attached hydrogen (secondary N) is 2. The minimum atomic E-state index is -0.944. The first kappa shape index (κ1) is 16.9. The summed E-state index contributed by atoms with van der Waals surface area (Å²) in [5.74, 6) is -0.890. The van der Waals surface area contributed by atoms with Gasteiger partial charge in [0.25, 0.3) is 0 Å². The smallest absolute Gasteiger partial charge is 0.326 e. The lowest BCUT2D eigenvalue weighted by Crippen LogP contribution is -2.32. The SMILES string of the molecule is CNCC(O)c1ccc(O)cc1.O=C1CC[C@@H](C(=O)O)N1. The molecule has 1 saturated heterocycles. The zero-order chi connectivity index (χ0) is 15.8. The van der Waals surface area contributed by atoms with Crippen LogP contribution in [0.1, 0.15) is 24.5 Å². The van der Waals surface area contributed by atoms with Crippen molar-refractivity contribution in [3.05, 3.63) is 29.8 Å². The molecule has 0 saturated carbocycles. The van der Waals surface area contributed by atoms with E-state index < -0.39 is 18.1 Å². The second-order valence-electron chi connectivity index (χ2n) is 4.66. The van der Waals surface area contributed by atoms with Crippen LogP contribution in [0.15, 0.2) is 24.3 Å². The van der Waals surface area contributed by atoms with E-state index in [4.69, 9.17) is 10.2 Å². The number of phenols is 1. The molecular formula is C14H20N2O5. The van der Waals surface area contributed by atoms with Crippen molar-refractivity contribution in [2.75, 3.05) is 13.6 Å². The van der Waals surface area contributed by atoms with Gasteiger partial charge in [-0.15, -0.1) is 0 Å². The summed E-state index contributed by atoms with van der Waals surface area (Å²) in [6.45, 7) is 0.519. The number of carbonyl (C=O) groups is 2. The number of aliphatic carboxylic acids is 1. The monoisotopic (exact) mass is 296 g/mol. The molecule has 1 aliphatic rings. The number of hydrogen-bond donors (Lipinski definition) is 5. The van der Waals surface area contributed by atoms with E-state index in [9.17, 15) is 14.7 Å². The summed E-state index contributed by atoms with van der Waals surface area (Å²) in [6, 6.07) is 5.90. The number of aromatic hydroxyl groups is 1. The Morgan fingerprint density at radius 1 is 1.43 bits per heavy atom. The van der Waals surface area contributed by atoms with Crippen LogP contribution >= 0.6 is 0 Å². The maximum atomic E-state index is 10.4. The van der Waals surface area contributed by atoms with Crippen molar-refractivity contribution in [2.45, 2.75) is 25.0 Å². The molecule has 7 heteroatoms. The van der Waals surface area contributed by atoms with Gasteiger partial charge in [0.1, 0.15) is 11.8 Å². The van der Waals surface area contributed by atoms with Gasteiger partial charge in [-0.3, -0.25) is 4.79 Å². The number of rotatable bonds is 4. The van der Waals surface area contributed by atoms with Crippen LogP contribution in [0.2, 0.25) is 0 Å². The van der Waals surface area contributed by atoms with Gasteiger partial charge < -0.3 is 26.0 Å². The number of carboxylic acids is 1. The van der Waals surface area contributed by atoms with Crippen LogP contribution in [0.4, 0.5) is 0 Å². The fourth-order valence-electron chi connectivity index (χ4n) is 1.81. The third-order valence-corrected chi connectivity index (χ3v) is 2.97. The minimum absolute atomic E-state index is 0.164. The van der Waals surface area contributed by atoms with Crippen LogP contribution in [-0.4, -0.2) is 46.8 Å². The average molecular weight is 296 g/mol. The highest BCUT2D eigenvalue weighted by molar-refractivity contribution is 5.87. The molecule has 0 spiro atoms. The van der Waals surface area contributed by atoms with Gasteiger partial charge >= 0.3 is 5.97 Å². The Labute approximate surface area is 122 Å². The number of likely N-dealkylation sites (N-methyl/N-ethyl adjacent to an activating group) is 1. The van der Waals surface area contributed by atoms with E-state index in [-0.39, 0.29) is 11.7 Å². The van der Waals surface area contributed by atoms with Crippen LogP contribution in [-0.2, 0) is 9.59 Å². The standard InChI is InChI=1S/C9H13NO2.C5H7NO3/c1-10-6-9(12)7-2-4-8(11)5-3-7;7-4-2-1-3(6-4)5(8)9/h2-5,9-12H,6H2,1H3;3H,1-2H2,(H,6,7)(H,8,9)/t;3-/m.0/s1. The Morgan fingerprint density at radius 3 is 2.43 bits per heavy atom. The summed E-state index contributed by atoms with van der Waals surface area (Å²) in [5.41, 5.74) is 0.808. The van der Waals surface area contributed by atoms with Crippen molar-refractivity contribution in [3.8, 4) is 5.75 Å². The highest BCUT2D eigenvalue weighted by Gasteiger charge is 2.26. The molecule has 0 aliphatic carbocycles. The maximum absolute atomic E-state index is 10.4. The lowest BCUT2D eigenvalue weighted by Gasteiger charge is -2.09. The second-order valence-corrected chi connectivity index (χ2v) is 4.66. The van der Waals surface area contributed by atoms with Crippen LogP contribution in [0.25, 0.3) is 0 Å². The first-order valence-corrected chi connectivity index (χ1v) is 6.57. The lowest BCUT2D eigenvalue weighted by atomic mass is 10.1. The fraction of sp³-hybridized carbons (Fsp3) is 0.429. The molecular weight excluding hydrogens is 276 g/mol. The molecule has 1 fully saturated rings. The molecule has 116 valence electrons. The van der Waals surface area contributed by atoms with Crippen molar-refractivity contribution in [1.29, 1.82) is 0 Å². The summed E-state index contributed by atoms with van der Waals surface area (Å²) in [5, 5.41) is 31.9. The number of aliphatic hydroxyl groups is 1. The molecule has 2 atom stereocenters. The Kier molecular flexibility index (Phi) is 6.64. The van der Waals surface area contributed by atoms with Gasteiger partial charge in [0, 0.05) is 13.0 Å². The average Bonchev–Trinajstić information content (AvgIpc) is 2.87. The summed E-state index contributed by atoms with van der Waals surface area (Å²) < 4.78 is 0. The van der Waals surface area contributed by atoms with Crippen LogP contribution in [0.3, 0.4) is 0 Å². The predicted molar refractivity (Wildman–Crippen MR) is 75.8 cm³/mol. The van der Waals surface area contributed by atoms with Crippen molar-refractivity contribution < 1.29 is 24.9 Å². The molecule has 1 aromatic carbocycles. The molecule has 2 rings (SSSR count). The number of carbonyl (C=O) groups excluding carboxylic acids is 1. The number of aliphatic hydroxyl groups excluding tert-OH is 1. The maximum Gasteiger partial charge on any atom is 0.326 e. The zero-order valence-electron chi connectivity index (χ0n) is 11.7. The molecule has 5 N–H and O–H groups in total. The van der Waals surface area contributed by atoms with Crippen LogP contribution in [0, 0.1) is 0 Å². The van der Waals surface area contributed by atoms with Crippen LogP contribution < -0.4 is 10.6 Å². The molecule has 1 heterocycles. The summed E-state index contributed by atoms with van der Waals surface area (Å²) in [7, 11) is 1.78. The normalized spacial score (nSPS) is 18.4. The van der Waals surface area contributed by atoms with Crippen molar-refractivity contribution in [2.24, 2.45) is 0 Å². The number of amides is 1. The molecule has 1 aromatic rings. The molecule has 1 unspecified atom stereocenters. The van der Waals surface area contributed by atoms with E-state index in [2.05, 4.69) is 10.6 Å². The minimum Gasteiger partial charge on any atom is -0.508 e. The molecule has 1 amide bonds. The largest absolute Gasteiger partial charge is 0.508 e. The van der Waals surface area contributed by atoms with E-state index in [0.29, 0.717) is 19.4 Å². The first-order chi connectivity index (χ1) is 9.93. The summed E-state index contributed by atoms with van der Waals surface area (Å²) in [4.78, 5) is 20.5. The highest BCUT2D eigenvalue weighted by Crippen LogP contribution is 2.15. The summed E-state index contributed by atoms with van der Waals surface area (Å²) >= 11 is 0. The fourth-order valence-corrected chi connectivity index (χ4v) is 1.81. The van der Waals surface area contributed by atoms with Gasteiger partial charge in [0.15, 0.2) is 0 Å². The van der Waals surface area contributed by atoms with E-state index in [1.807, 2.05) is 0 Å². The predicted octanol–water partition coefficient (Wildman–Crippen LogP) is -0.00540. The quantitative estimate of drug-likeness (QED) is 0.533. The van der Waals surface area contributed by atoms with Gasteiger partial charge in [-0.05, 0) is 31.2 Å². The van der Waals surface area contributed by atoms with E-state index in [1.54, 1.807) is 31.3 Å². The molecule has 0 bridgehead atoms. The lowest BCUT2D eigenvalue weighted by molar-refractivity contribution is -0.140. The van der Waals surface area contributed by atoms with E-state index >= 15 is 0 Å². The molecule has 0 radical (unpaired) electrons. The number of carboxylic acid groups (broad SMARTS) is 1. The summed E-state index contributed by atoms with van der Waals surface area (Å²) in [6.07, 6.45) is 0.265. The third kappa shape index (κ3) is 5.80. The second kappa shape index (κ2) is 8.23. The zero-order valence-corrected chi connectivity index (χ0v) is 11.7. The van der Waals surface area contributed by atoms with Crippen molar-refractivity contribution in [3.63, 3.8) is 0 Å². The molecule has 1 aliphatic heterocycles. The number of phenolic OH excluding ortho intramolecular Hbond substituents is 1. The number of hydrogen-bond acceptors (Lipinski definition) is 5. The van der Waals surface area contributed by atoms with Crippen molar-refractivity contribution >= 4 is 11.9 Å².